The highest BCUT2D eigenvalue weighted by Gasteiger charge is 2.28. The third kappa shape index (κ3) is 4.01. The normalized spacial score (nSPS) is 11.2. The fourth-order valence-corrected chi connectivity index (χ4v) is 1.74. The Morgan fingerprint density at radius 2 is 1.95 bits per heavy atom. The molecule has 1 aromatic heterocycles. The van der Waals surface area contributed by atoms with Crippen molar-refractivity contribution in [3.8, 4) is 5.75 Å². The van der Waals surface area contributed by atoms with Crippen LogP contribution in [-0.4, -0.2) is 23.3 Å². The number of ether oxygens (including phenoxy) is 1. The fourth-order valence-electron chi connectivity index (χ4n) is 1.74. The Hall–Kier alpha value is -2.44. The summed E-state index contributed by atoms with van der Waals surface area (Å²) < 4.78 is 42.9. The standard InChI is InChI=1S/C14H13F3N2O2/c1-19-8-4-6-11(19)13(20)18-10-5-2-3-7-12(10)21-9-14(15,16)17/h2-8H,9H2,1H3,(H,18,20). The highest BCUT2D eigenvalue weighted by molar-refractivity contribution is 6.03. The number of alkyl halides is 3. The van der Waals surface area contributed by atoms with Crippen molar-refractivity contribution in [2.24, 2.45) is 7.05 Å². The van der Waals surface area contributed by atoms with E-state index >= 15 is 0 Å². The molecular weight excluding hydrogens is 285 g/mol. The van der Waals surface area contributed by atoms with Crippen LogP contribution < -0.4 is 10.1 Å². The van der Waals surface area contributed by atoms with Gasteiger partial charge < -0.3 is 14.6 Å². The third-order valence-electron chi connectivity index (χ3n) is 2.70. The van der Waals surface area contributed by atoms with Gasteiger partial charge in [0.1, 0.15) is 11.4 Å². The number of hydrogen-bond acceptors (Lipinski definition) is 2. The van der Waals surface area contributed by atoms with E-state index in [1.165, 1.54) is 18.2 Å². The zero-order valence-corrected chi connectivity index (χ0v) is 11.1. The van der Waals surface area contributed by atoms with Gasteiger partial charge in [-0.3, -0.25) is 4.79 Å². The maximum atomic E-state index is 12.2. The molecule has 1 amide bonds. The van der Waals surface area contributed by atoms with Gasteiger partial charge in [-0.25, -0.2) is 0 Å². The van der Waals surface area contributed by atoms with Gasteiger partial charge in [-0.15, -0.1) is 0 Å². The predicted molar refractivity (Wildman–Crippen MR) is 71.4 cm³/mol. The zero-order valence-electron chi connectivity index (χ0n) is 11.1. The van der Waals surface area contributed by atoms with Gasteiger partial charge in [0.15, 0.2) is 6.61 Å². The second-order valence-electron chi connectivity index (χ2n) is 4.36. The number of carbonyl (C=O) groups is 1. The fraction of sp³-hybridized carbons (Fsp3) is 0.214. The van der Waals surface area contributed by atoms with Gasteiger partial charge in [0, 0.05) is 13.2 Å². The summed E-state index contributed by atoms with van der Waals surface area (Å²) >= 11 is 0. The number of hydrogen-bond donors (Lipinski definition) is 1. The number of nitrogens with one attached hydrogen (secondary N) is 1. The molecule has 21 heavy (non-hydrogen) atoms. The number of rotatable bonds is 4. The number of aromatic nitrogens is 1. The minimum absolute atomic E-state index is 0.0302. The molecule has 0 radical (unpaired) electrons. The van der Waals surface area contributed by atoms with E-state index in [4.69, 9.17) is 4.74 Å². The van der Waals surface area contributed by atoms with Crippen LogP contribution in [-0.2, 0) is 7.05 Å². The molecule has 0 saturated heterocycles. The SMILES string of the molecule is Cn1cccc1C(=O)Nc1ccccc1OCC(F)(F)F. The molecule has 0 spiro atoms. The molecule has 0 aliphatic rings. The lowest BCUT2D eigenvalue weighted by Gasteiger charge is -2.13. The minimum Gasteiger partial charge on any atom is -0.482 e. The predicted octanol–water partition coefficient (Wildman–Crippen LogP) is 3.22. The number of nitrogens with zero attached hydrogens (tertiary/aromatic N) is 1. The van der Waals surface area contributed by atoms with Gasteiger partial charge in [-0.05, 0) is 24.3 Å². The van der Waals surface area contributed by atoms with E-state index in [1.807, 2.05) is 0 Å². The molecule has 0 bridgehead atoms. The first-order chi connectivity index (χ1) is 9.87. The van der Waals surface area contributed by atoms with Crippen molar-refractivity contribution in [2.75, 3.05) is 11.9 Å². The smallest absolute Gasteiger partial charge is 0.422 e. The molecule has 0 atom stereocenters. The van der Waals surface area contributed by atoms with Crippen LogP contribution in [0.4, 0.5) is 18.9 Å². The van der Waals surface area contributed by atoms with E-state index in [1.54, 1.807) is 36.0 Å². The highest BCUT2D eigenvalue weighted by atomic mass is 19.4. The summed E-state index contributed by atoms with van der Waals surface area (Å²) in [6.45, 7) is -1.41. The number of para-hydroxylation sites is 2. The summed E-state index contributed by atoms with van der Waals surface area (Å²) in [5.74, 6) is -0.456. The molecule has 1 heterocycles. The van der Waals surface area contributed by atoms with E-state index in [2.05, 4.69) is 5.32 Å². The number of aryl methyl sites for hydroxylation is 1. The first kappa shape index (κ1) is 15.0. The van der Waals surface area contributed by atoms with Gasteiger partial charge in [0.05, 0.1) is 5.69 Å². The quantitative estimate of drug-likeness (QED) is 0.942. The Balaban J connectivity index is 2.13. The van der Waals surface area contributed by atoms with E-state index < -0.39 is 18.7 Å². The van der Waals surface area contributed by atoms with Gasteiger partial charge in [-0.2, -0.15) is 13.2 Å². The number of benzene rings is 1. The molecule has 2 rings (SSSR count). The van der Waals surface area contributed by atoms with Crippen molar-refractivity contribution >= 4 is 11.6 Å². The molecule has 0 unspecified atom stereocenters. The molecule has 112 valence electrons. The van der Waals surface area contributed by atoms with E-state index in [-0.39, 0.29) is 11.4 Å². The van der Waals surface area contributed by atoms with Crippen LogP contribution in [0.1, 0.15) is 10.5 Å². The summed E-state index contributed by atoms with van der Waals surface area (Å²) in [6, 6.07) is 9.28. The van der Waals surface area contributed by atoms with E-state index in [0.717, 1.165) is 0 Å². The minimum atomic E-state index is -4.44. The first-order valence-electron chi connectivity index (χ1n) is 6.08. The van der Waals surface area contributed by atoms with Crippen LogP contribution in [0.2, 0.25) is 0 Å². The monoisotopic (exact) mass is 298 g/mol. The van der Waals surface area contributed by atoms with Gasteiger partial charge >= 0.3 is 6.18 Å². The number of carbonyl (C=O) groups excluding carboxylic acids is 1. The van der Waals surface area contributed by atoms with Crippen molar-refractivity contribution in [3.05, 3.63) is 48.3 Å². The molecule has 0 aliphatic carbocycles. The van der Waals surface area contributed by atoms with E-state index in [9.17, 15) is 18.0 Å². The number of anilines is 1. The van der Waals surface area contributed by atoms with Crippen molar-refractivity contribution in [1.82, 2.24) is 4.57 Å². The summed E-state index contributed by atoms with van der Waals surface area (Å²) in [5, 5.41) is 2.54. The van der Waals surface area contributed by atoms with Crippen LogP contribution in [0.25, 0.3) is 0 Å². The molecule has 4 nitrogen and oxygen atoms in total. The average molecular weight is 298 g/mol. The van der Waals surface area contributed by atoms with Crippen LogP contribution in [0, 0.1) is 0 Å². The second-order valence-corrected chi connectivity index (χ2v) is 4.36. The maximum Gasteiger partial charge on any atom is 0.422 e. The Morgan fingerprint density at radius 3 is 2.57 bits per heavy atom. The van der Waals surface area contributed by atoms with Crippen LogP contribution in [0.5, 0.6) is 5.75 Å². The Bertz CT molecular complexity index is 635. The molecule has 7 heteroatoms. The first-order valence-corrected chi connectivity index (χ1v) is 6.08. The summed E-state index contributed by atoms with van der Waals surface area (Å²) in [6.07, 6.45) is -2.74. The van der Waals surface area contributed by atoms with Crippen LogP contribution in [0.15, 0.2) is 42.6 Å². The zero-order chi connectivity index (χ0) is 15.5. The van der Waals surface area contributed by atoms with E-state index in [0.29, 0.717) is 5.69 Å². The Morgan fingerprint density at radius 1 is 1.24 bits per heavy atom. The topological polar surface area (TPSA) is 43.3 Å². The van der Waals surface area contributed by atoms with Gasteiger partial charge in [0.25, 0.3) is 5.91 Å². The summed E-state index contributed by atoms with van der Waals surface area (Å²) in [7, 11) is 1.70. The number of halogens is 3. The van der Waals surface area contributed by atoms with Gasteiger partial charge in [0.2, 0.25) is 0 Å². The largest absolute Gasteiger partial charge is 0.482 e. The summed E-state index contributed by atoms with van der Waals surface area (Å²) in [5.41, 5.74) is 0.577. The van der Waals surface area contributed by atoms with Crippen molar-refractivity contribution < 1.29 is 22.7 Å². The maximum absolute atomic E-state index is 12.2. The highest BCUT2D eigenvalue weighted by Crippen LogP contribution is 2.26. The summed E-state index contributed by atoms with van der Waals surface area (Å²) in [4.78, 5) is 12.0. The third-order valence-corrected chi connectivity index (χ3v) is 2.70. The van der Waals surface area contributed by atoms with Crippen molar-refractivity contribution in [2.45, 2.75) is 6.18 Å². The number of amides is 1. The molecule has 2 aromatic rings. The molecular formula is C14H13F3N2O2. The van der Waals surface area contributed by atoms with Crippen molar-refractivity contribution in [1.29, 1.82) is 0 Å². The molecule has 0 fully saturated rings. The van der Waals surface area contributed by atoms with Gasteiger partial charge in [-0.1, -0.05) is 12.1 Å². The molecule has 0 saturated carbocycles. The lowest BCUT2D eigenvalue weighted by atomic mass is 10.2. The Labute approximate surface area is 119 Å². The van der Waals surface area contributed by atoms with Crippen molar-refractivity contribution in [3.63, 3.8) is 0 Å². The van der Waals surface area contributed by atoms with Crippen LogP contribution >= 0.6 is 0 Å². The Kier molecular flexibility index (Phi) is 4.21. The second kappa shape index (κ2) is 5.90. The average Bonchev–Trinajstić information content (AvgIpc) is 2.83. The lowest BCUT2D eigenvalue weighted by Crippen LogP contribution is -2.20. The molecule has 1 aromatic carbocycles. The molecule has 1 N–H and O–H groups in total. The lowest BCUT2D eigenvalue weighted by molar-refractivity contribution is -0.153. The molecule has 0 aliphatic heterocycles. The van der Waals surface area contributed by atoms with Crippen LogP contribution in [0.3, 0.4) is 0 Å².